The van der Waals surface area contributed by atoms with E-state index < -0.39 is 44.1 Å². The summed E-state index contributed by atoms with van der Waals surface area (Å²) >= 11 is 0. The number of H-pyrrole nitrogens is 1. The fourth-order valence-electron chi connectivity index (χ4n) is 2.74. The first-order valence-corrected chi connectivity index (χ1v) is 9.05. The van der Waals surface area contributed by atoms with E-state index in [1.807, 2.05) is 0 Å². The molecular formula is C12H19N6O8P. The zero-order chi connectivity index (χ0) is 20.0. The molecule has 2 aromatic heterocycles. The van der Waals surface area contributed by atoms with E-state index in [0.29, 0.717) is 0 Å². The number of methoxy groups -OCH3 is 1. The lowest BCUT2D eigenvalue weighted by Crippen LogP contribution is -2.50. The minimum Gasteiger partial charge on any atom is -0.386 e. The van der Waals surface area contributed by atoms with Crippen LogP contribution in [0.2, 0.25) is 0 Å². The van der Waals surface area contributed by atoms with E-state index in [-0.39, 0.29) is 17.1 Å². The van der Waals surface area contributed by atoms with Crippen LogP contribution in [-0.2, 0) is 23.1 Å². The number of hydrogen-bond acceptors (Lipinski definition) is 11. The van der Waals surface area contributed by atoms with Gasteiger partial charge in [0.1, 0.15) is 12.7 Å². The van der Waals surface area contributed by atoms with Gasteiger partial charge in [-0.15, -0.1) is 0 Å². The second-order valence-electron chi connectivity index (χ2n) is 5.75. The molecule has 0 radical (unpaired) electrons. The molecule has 5 atom stereocenters. The van der Waals surface area contributed by atoms with E-state index in [9.17, 15) is 19.4 Å². The van der Waals surface area contributed by atoms with Gasteiger partial charge in [-0.05, 0) is 0 Å². The number of aromatic amines is 1. The molecule has 3 rings (SSSR count). The zero-order valence-electron chi connectivity index (χ0n) is 14.3. The number of ether oxygens (including phenoxy) is 2. The Labute approximate surface area is 151 Å². The number of nitrogens with zero attached hydrogens (tertiary/aromatic N) is 3. The minimum atomic E-state index is -4.37. The molecule has 3 heterocycles. The van der Waals surface area contributed by atoms with Gasteiger partial charge in [0.05, 0.1) is 12.4 Å². The summed E-state index contributed by atoms with van der Waals surface area (Å²) in [6.45, 7) is -0.667. The molecule has 1 fully saturated rings. The first kappa shape index (κ1) is 19.9. The van der Waals surface area contributed by atoms with Crippen LogP contribution < -0.4 is 17.0 Å². The summed E-state index contributed by atoms with van der Waals surface area (Å²) in [6, 6.07) is -1.09. The SMILES string of the molecule is COC1(COP(=O)(O)OC)OC(n2cnc3c(=O)[nH]c(N)nc32)C(N)C1O. The van der Waals surface area contributed by atoms with Crippen LogP contribution in [-0.4, -0.2) is 68.3 Å². The lowest BCUT2D eigenvalue weighted by atomic mass is 10.1. The highest BCUT2D eigenvalue weighted by Gasteiger charge is 2.56. The highest BCUT2D eigenvalue weighted by atomic mass is 31.2. The molecule has 5 unspecified atom stereocenters. The van der Waals surface area contributed by atoms with Crippen molar-refractivity contribution in [3.63, 3.8) is 0 Å². The molecule has 0 saturated carbocycles. The van der Waals surface area contributed by atoms with Crippen LogP contribution in [0.1, 0.15) is 6.23 Å². The molecule has 0 aromatic carbocycles. The number of aliphatic hydroxyl groups excluding tert-OH is 1. The third-order valence-corrected chi connectivity index (χ3v) is 5.11. The Kier molecular flexibility index (Phi) is 5.09. The number of rotatable bonds is 6. The number of hydrogen-bond donors (Lipinski definition) is 5. The smallest absolute Gasteiger partial charge is 0.386 e. The number of anilines is 1. The van der Waals surface area contributed by atoms with Crippen molar-refractivity contribution in [3.05, 3.63) is 16.7 Å². The van der Waals surface area contributed by atoms with Gasteiger partial charge in [0, 0.05) is 14.2 Å². The number of imidazole rings is 1. The van der Waals surface area contributed by atoms with E-state index in [2.05, 4.69) is 19.5 Å². The molecule has 2 aromatic rings. The topological polar surface area (TPSA) is 210 Å². The molecule has 1 aliphatic heterocycles. The summed E-state index contributed by atoms with van der Waals surface area (Å²) in [5.41, 5.74) is 11.1. The van der Waals surface area contributed by atoms with Crippen LogP contribution in [0, 0.1) is 0 Å². The molecular weight excluding hydrogens is 387 g/mol. The van der Waals surface area contributed by atoms with Crippen molar-refractivity contribution in [3.8, 4) is 0 Å². The largest absolute Gasteiger partial charge is 0.472 e. The average molecular weight is 406 g/mol. The molecule has 0 aliphatic carbocycles. The third-order valence-electron chi connectivity index (χ3n) is 4.19. The third kappa shape index (κ3) is 3.37. The second-order valence-corrected chi connectivity index (χ2v) is 7.31. The highest BCUT2D eigenvalue weighted by Crippen LogP contribution is 2.46. The van der Waals surface area contributed by atoms with Crippen LogP contribution in [0.3, 0.4) is 0 Å². The predicted molar refractivity (Wildman–Crippen MR) is 89.2 cm³/mol. The van der Waals surface area contributed by atoms with E-state index >= 15 is 0 Å². The van der Waals surface area contributed by atoms with Crippen molar-refractivity contribution < 1.29 is 33.1 Å². The highest BCUT2D eigenvalue weighted by molar-refractivity contribution is 7.47. The molecule has 0 bridgehead atoms. The number of aliphatic hydroxyl groups is 1. The number of nitrogens with one attached hydrogen (secondary N) is 1. The predicted octanol–water partition coefficient (Wildman–Crippen LogP) is -1.98. The maximum absolute atomic E-state index is 11.9. The summed E-state index contributed by atoms with van der Waals surface area (Å²) in [7, 11) is -2.19. The van der Waals surface area contributed by atoms with Gasteiger partial charge in [-0.2, -0.15) is 4.98 Å². The van der Waals surface area contributed by atoms with Gasteiger partial charge in [0.25, 0.3) is 5.56 Å². The molecule has 27 heavy (non-hydrogen) atoms. The van der Waals surface area contributed by atoms with Crippen LogP contribution >= 0.6 is 7.82 Å². The summed E-state index contributed by atoms with van der Waals surface area (Å²) < 4.78 is 32.9. The molecule has 1 saturated heterocycles. The fourth-order valence-corrected chi connectivity index (χ4v) is 3.19. The molecule has 0 spiro atoms. The van der Waals surface area contributed by atoms with Crippen LogP contribution in [0.15, 0.2) is 11.1 Å². The average Bonchev–Trinajstić information content (AvgIpc) is 3.15. The van der Waals surface area contributed by atoms with Crippen LogP contribution in [0.4, 0.5) is 5.95 Å². The summed E-state index contributed by atoms with van der Waals surface area (Å²) in [5, 5.41) is 10.5. The molecule has 7 N–H and O–H groups in total. The summed E-state index contributed by atoms with van der Waals surface area (Å²) in [5.74, 6) is -2.03. The lowest BCUT2D eigenvalue weighted by Gasteiger charge is -2.30. The standard InChI is InChI=1S/C12H19N6O8P/c1-23-12(3-25-27(21,22)24-2)7(19)5(13)10(26-12)18-4-15-6-8(18)16-11(14)17-9(6)20/h4-5,7,10,19H,3,13H2,1-2H3,(H,21,22)(H3,14,16,17,20). The number of aromatic nitrogens is 4. The van der Waals surface area contributed by atoms with Gasteiger partial charge in [0.2, 0.25) is 11.7 Å². The molecule has 14 nitrogen and oxygen atoms in total. The number of fused-ring (bicyclic) bond motifs is 1. The van der Waals surface area contributed by atoms with Gasteiger partial charge in [-0.1, -0.05) is 0 Å². The number of phosphoric ester groups is 1. The molecule has 150 valence electrons. The first-order chi connectivity index (χ1) is 12.6. The van der Waals surface area contributed by atoms with Crippen molar-refractivity contribution in [1.82, 2.24) is 19.5 Å². The maximum atomic E-state index is 11.9. The molecule has 0 amide bonds. The Morgan fingerprint density at radius 3 is 2.85 bits per heavy atom. The zero-order valence-corrected chi connectivity index (χ0v) is 15.2. The second kappa shape index (κ2) is 6.92. The van der Waals surface area contributed by atoms with Crippen molar-refractivity contribution >= 4 is 24.9 Å². The summed E-state index contributed by atoms with van der Waals surface area (Å²) in [6.07, 6.45) is -1.33. The number of phosphoric acid groups is 1. The van der Waals surface area contributed by atoms with Crippen molar-refractivity contribution in [1.29, 1.82) is 0 Å². The Balaban J connectivity index is 1.97. The number of nitrogens with two attached hydrogens (primary N) is 2. The first-order valence-electron chi connectivity index (χ1n) is 7.56. The minimum absolute atomic E-state index is 0.0140. The van der Waals surface area contributed by atoms with E-state index in [0.717, 1.165) is 7.11 Å². The molecule has 1 aliphatic rings. The quantitative estimate of drug-likeness (QED) is 0.331. The van der Waals surface area contributed by atoms with Crippen LogP contribution in [0.25, 0.3) is 11.2 Å². The maximum Gasteiger partial charge on any atom is 0.472 e. The Bertz CT molecular complexity index is 948. The van der Waals surface area contributed by atoms with Crippen molar-refractivity contribution in [2.45, 2.75) is 24.2 Å². The Morgan fingerprint density at radius 1 is 1.52 bits per heavy atom. The van der Waals surface area contributed by atoms with E-state index in [1.165, 1.54) is 18.0 Å². The lowest BCUT2D eigenvalue weighted by molar-refractivity contribution is -0.267. The van der Waals surface area contributed by atoms with Gasteiger partial charge in [-0.3, -0.25) is 23.4 Å². The molecule has 15 heteroatoms. The van der Waals surface area contributed by atoms with Gasteiger partial charge in [0.15, 0.2) is 17.4 Å². The summed E-state index contributed by atoms with van der Waals surface area (Å²) in [4.78, 5) is 31.6. The van der Waals surface area contributed by atoms with Gasteiger partial charge in [-0.25, -0.2) is 9.55 Å². The number of nitrogen functional groups attached to an aromatic ring is 1. The van der Waals surface area contributed by atoms with E-state index in [4.69, 9.17) is 25.5 Å². The van der Waals surface area contributed by atoms with Crippen LogP contribution in [0.5, 0.6) is 0 Å². The van der Waals surface area contributed by atoms with Crippen molar-refractivity contribution in [2.75, 3.05) is 26.6 Å². The monoisotopic (exact) mass is 406 g/mol. The Morgan fingerprint density at radius 2 is 2.22 bits per heavy atom. The Hall–Kier alpha value is -1.90. The van der Waals surface area contributed by atoms with E-state index in [1.54, 1.807) is 0 Å². The van der Waals surface area contributed by atoms with Crippen molar-refractivity contribution in [2.24, 2.45) is 5.73 Å². The normalized spacial score (nSPS) is 30.6. The van der Waals surface area contributed by atoms with Gasteiger partial charge >= 0.3 is 7.82 Å². The fraction of sp³-hybridized carbons (Fsp3) is 0.583. The van der Waals surface area contributed by atoms with Gasteiger partial charge < -0.3 is 30.9 Å².